The van der Waals surface area contributed by atoms with Crippen LogP contribution >= 0.6 is 0 Å². The van der Waals surface area contributed by atoms with Crippen molar-refractivity contribution in [2.24, 2.45) is 7.05 Å². The van der Waals surface area contributed by atoms with E-state index in [9.17, 15) is 10.1 Å². The molecule has 1 N–H and O–H groups in total. The number of aromatic nitrogens is 3. The largest absolute Gasteiger partial charge is 0.332 e. The SMILES string of the molecule is Cc1cnc(Nc2cn(C)nc2C)c([N+](=O)[O-])c1. The standard InChI is InChI=1S/C11H13N5O2/c1-7-4-10(16(17)18)11(12-5-7)13-9-6-15(3)14-8(9)2/h4-6H,1-3H3,(H,12,13). The molecule has 0 atom stereocenters. The summed E-state index contributed by atoms with van der Waals surface area (Å²) in [7, 11) is 1.79. The first-order valence-corrected chi connectivity index (χ1v) is 5.35. The molecular weight excluding hydrogens is 234 g/mol. The van der Waals surface area contributed by atoms with E-state index >= 15 is 0 Å². The molecule has 94 valence electrons. The molecule has 0 amide bonds. The van der Waals surface area contributed by atoms with Gasteiger partial charge in [-0.05, 0) is 19.4 Å². The number of hydrogen-bond acceptors (Lipinski definition) is 5. The Labute approximate surface area is 104 Å². The van der Waals surface area contributed by atoms with Crippen molar-refractivity contribution in [2.75, 3.05) is 5.32 Å². The van der Waals surface area contributed by atoms with Crippen molar-refractivity contribution >= 4 is 17.2 Å². The molecule has 0 saturated carbocycles. The predicted octanol–water partition coefficient (Wildman–Crippen LogP) is 2.08. The predicted molar refractivity (Wildman–Crippen MR) is 66.9 cm³/mol. The smallest absolute Gasteiger partial charge is 0.311 e. The first-order valence-electron chi connectivity index (χ1n) is 5.35. The fourth-order valence-electron chi connectivity index (χ4n) is 1.64. The Balaban J connectivity index is 2.40. The van der Waals surface area contributed by atoms with Crippen molar-refractivity contribution in [3.8, 4) is 0 Å². The van der Waals surface area contributed by atoms with Crippen LogP contribution in [0.25, 0.3) is 0 Å². The molecule has 0 unspecified atom stereocenters. The lowest BCUT2D eigenvalue weighted by Crippen LogP contribution is -2.00. The number of nitrogens with zero attached hydrogens (tertiary/aromatic N) is 4. The van der Waals surface area contributed by atoms with E-state index in [0.717, 1.165) is 11.3 Å². The van der Waals surface area contributed by atoms with Gasteiger partial charge in [0.25, 0.3) is 0 Å². The van der Waals surface area contributed by atoms with E-state index in [1.165, 1.54) is 6.07 Å². The van der Waals surface area contributed by atoms with Gasteiger partial charge >= 0.3 is 5.69 Å². The van der Waals surface area contributed by atoms with Gasteiger partial charge in [0, 0.05) is 25.5 Å². The Morgan fingerprint density at radius 2 is 2.17 bits per heavy atom. The third-order valence-electron chi connectivity index (χ3n) is 2.47. The zero-order valence-electron chi connectivity index (χ0n) is 10.3. The van der Waals surface area contributed by atoms with Crippen LogP contribution in [0.5, 0.6) is 0 Å². The first-order chi connectivity index (χ1) is 8.47. The molecule has 18 heavy (non-hydrogen) atoms. The Morgan fingerprint density at radius 1 is 1.44 bits per heavy atom. The van der Waals surface area contributed by atoms with Crippen LogP contribution in [0.3, 0.4) is 0 Å². The summed E-state index contributed by atoms with van der Waals surface area (Å²) in [6.07, 6.45) is 3.33. The molecule has 0 saturated heterocycles. The Morgan fingerprint density at radius 3 is 2.72 bits per heavy atom. The van der Waals surface area contributed by atoms with Gasteiger partial charge in [0.1, 0.15) is 0 Å². The summed E-state index contributed by atoms with van der Waals surface area (Å²) in [6.45, 7) is 3.58. The molecule has 2 heterocycles. The molecule has 0 radical (unpaired) electrons. The van der Waals surface area contributed by atoms with E-state index in [2.05, 4.69) is 15.4 Å². The van der Waals surface area contributed by atoms with Gasteiger partial charge in [0.15, 0.2) is 0 Å². The van der Waals surface area contributed by atoms with Crippen LogP contribution in [-0.4, -0.2) is 19.7 Å². The van der Waals surface area contributed by atoms with Gasteiger partial charge in [-0.2, -0.15) is 5.10 Å². The average molecular weight is 247 g/mol. The van der Waals surface area contributed by atoms with Gasteiger partial charge in [0.05, 0.1) is 16.3 Å². The highest BCUT2D eigenvalue weighted by atomic mass is 16.6. The van der Waals surface area contributed by atoms with E-state index in [1.54, 1.807) is 31.0 Å². The number of anilines is 2. The lowest BCUT2D eigenvalue weighted by atomic mass is 10.3. The summed E-state index contributed by atoms with van der Waals surface area (Å²) in [5.41, 5.74) is 2.17. The van der Waals surface area contributed by atoms with Gasteiger partial charge < -0.3 is 5.32 Å². The number of hydrogen-bond donors (Lipinski definition) is 1. The minimum atomic E-state index is -0.450. The molecule has 0 spiro atoms. The maximum atomic E-state index is 11.0. The van der Waals surface area contributed by atoms with Crippen molar-refractivity contribution < 1.29 is 4.92 Å². The van der Waals surface area contributed by atoms with Gasteiger partial charge in [-0.15, -0.1) is 0 Å². The monoisotopic (exact) mass is 247 g/mol. The molecule has 7 nitrogen and oxygen atoms in total. The van der Waals surface area contributed by atoms with Gasteiger partial charge in [-0.1, -0.05) is 0 Å². The number of nitrogens with one attached hydrogen (secondary N) is 1. The molecule has 0 bridgehead atoms. The minimum absolute atomic E-state index is 0.0433. The maximum absolute atomic E-state index is 11.0. The molecule has 0 aliphatic rings. The second-order valence-corrected chi connectivity index (χ2v) is 4.06. The number of rotatable bonds is 3. The highest BCUT2D eigenvalue weighted by molar-refractivity contribution is 5.66. The normalized spacial score (nSPS) is 10.4. The fourth-order valence-corrected chi connectivity index (χ4v) is 1.64. The van der Waals surface area contributed by atoms with Crippen LogP contribution in [0.2, 0.25) is 0 Å². The number of aryl methyl sites for hydroxylation is 3. The van der Waals surface area contributed by atoms with Crippen LogP contribution in [0.15, 0.2) is 18.5 Å². The third-order valence-corrected chi connectivity index (χ3v) is 2.47. The zero-order chi connectivity index (χ0) is 13.3. The van der Waals surface area contributed by atoms with Crippen LogP contribution in [-0.2, 0) is 7.05 Å². The fraction of sp³-hybridized carbons (Fsp3) is 0.273. The number of pyridine rings is 1. The minimum Gasteiger partial charge on any atom is -0.332 e. The topological polar surface area (TPSA) is 85.9 Å². The van der Waals surface area contributed by atoms with E-state index in [-0.39, 0.29) is 11.5 Å². The molecule has 0 aromatic carbocycles. The molecule has 7 heteroatoms. The molecule has 0 fully saturated rings. The summed E-state index contributed by atoms with van der Waals surface area (Å²) in [5.74, 6) is 0.224. The van der Waals surface area contributed by atoms with Crippen molar-refractivity contribution in [2.45, 2.75) is 13.8 Å². The molecule has 0 aliphatic carbocycles. The van der Waals surface area contributed by atoms with Gasteiger partial charge in [-0.25, -0.2) is 4.98 Å². The number of nitro groups is 1. The molecule has 2 aromatic heterocycles. The quantitative estimate of drug-likeness (QED) is 0.663. The Hall–Kier alpha value is -2.44. The maximum Gasteiger partial charge on any atom is 0.311 e. The molecule has 0 aliphatic heterocycles. The van der Waals surface area contributed by atoms with Crippen LogP contribution < -0.4 is 5.32 Å². The molecule has 2 rings (SSSR count). The van der Waals surface area contributed by atoms with Gasteiger partial charge in [0.2, 0.25) is 5.82 Å². The highest BCUT2D eigenvalue weighted by Gasteiger charge is 2.16. The van der Waals surface area contributed by atoms with E-state index < -0.39 is 4.92 Å². The second-order valence-electron chi connectivity index (χ2n) is 4.06. The van der Waals surface area contributed by atoms with Crippen LogP contribution in [0.4, 0.5) is 17.2 Å². The van der Waals surface area contributed by atoms with Crippen LogP contribution in [0, 0.1) is 24.0 Å². The van der Waals surface area contributed by atoms with E-state index in [1.807, 2.05) is 6.92 Å². The molecular formula is C11H13N5O2. The third kappa shape index (κ3) is 2.29. The van der Waals surface area contributed by atoms with Crippen molar-refractivity contribution in [3.63, 3.8) is 0 Å². The lowest BCUT2D eigenvalue weighted by molar-refractivity contribution is -0.384. The van der Waals surface area contributed by atoms with Crippen molar-refractivity contribution in [1.29, 1.82) is 0 Å². The Kier molecular flexibility index (Phi) is 2.97. The second kappa shape index (κ2) is 4.44. The summed E-state index contributed by atoms with van der Waals surface area (Å²) in [6, 6.07) is 1.49. The average Bonchev–Trinajstić information content (AvgIpc) is 2.60. The van der Waals surface area contributed by atoms with Crippen molar-refractivity contribution in [1.82, 2.24) is 14.8 Å². The summed E-state index contributed by atoms with van der Waals surface area (Å²) >= 11 is 0. The van der Waals surface area contributed by atoms with Gasteiger partial charge in [-0.3, -0.25) is 14.8 Å². The van der Waals surface area contributed by atoms with Crippen molar-refractivity contribution in [3.05, 3.63) is 39.8 Å². The van der Waals surface area contributed by atoms with Crippen LogP contribution in [0.1, 0.15) is 11.3 Å². The summed E-state index contributed by atoms with van der Waals surface area (Å²) in [5, 5.41) is 18.0. The Bertz CT molecular complexity index is 605. The summed E-state index contributed by atoms with van der Waals surface area (Å²) in [4.78, 5) is 14.6. The lowest BCUT2D eigenvalue weighted by Gasteiger charge is -2.05. The zero-order valence-corrected chi connectivity index (χ0v) is 10.3. The molecule has 2 aromatic rings. The highest BCUT2D eigenvalue weighted by Crippen LogP contribution is 2.26. The first kappa shape index (κ1) is 12.0. The van der Waals surface area contributed by atoms with E-state index in [0.29, 0.717) is 5.69 Å². The summed E-state index contributed by atoms with van der Waals surface area (Å²) < 4.78 is 1.64. The van der Waals surface area contributed by atoms with E-state index in [4.69, 9.17) is 0 Å².